The molecule has 1 fully saturated rings. The predicted octanol–water partition coefficient (Wildman–Crippen LogP) is 4.21. The number of benzene rings is 1. The minimum Gasteiger partial charge on any atom is -0.443 e. The molecule has 2 aromatic rings. The normalized spacial score (nSPS) is 16.3. The molecule has 0 atom stereocenters. The van der Waals surface area contributed by atoms with Crippen molar-refractivity contribution in [1.82, 2.24) is 20.5 Å². The zero-order chi connectivity index (χ0) is 21.4. The second-order valence-electron chi connectivity index (χ2n) is 9.11. The molecule has 0 unspecified atom stereocenters. The lowest BCUT2D eigenvalue weighted by atomic mass is 9.94. The van der Waals surface area contributed by atoms with Crippen LogP contribution in [0.15, 0.2) is 39.9 Å². The zero-order valence-corrected chi connectivity index (χ0v) is 19.0. The van der Waals surface area contributed by atoms with E-state index in [1.54, 1.807) is 7.05 Å². The van der Waals surface area contributed by atoms with Crippen molar-refractivity contribution in [3.05, 3.63) is 53.2 Å². The van der Waals surface area contributed by atoms with E-state index in [-0.39, 0.29) is 5.41 Å². The summed E-state index contributed by atoms with van der Waals surface area (Å²) in [6.07, 6.45) is 7.17. The van der Waals surface area contributed by atoms with E-state index < -0.39 is 0 Å². The van der Waals surface area contributed by atoms with Gasteiger partial charge in [-0.2, -0.15) is 0 Å². The molecule has 0 spiro atoms. The summed E-state index contributed by atoms with van der Waals surface area (Å²) in [7, 11) is 1.79. The van der Waals surface area contributed by atoms with E-state index in [2.05, 4.69) is 70.5 Å². The van der Waals surface area contributed by atoms with Gasteiger partial charge < -0.3 is 15.1 Å². The van der Waals surface area contributed by atoms with Gasteiger partial charge in [0, 0.05) is 25.6 Å². The van der Waals surface area contributed by atoms with Crippen LogP contribution in [0.3, 0.4) is 0 Å². The Balaban J connectivity index is 1.54. The number of hydrogen-bond donors (Lipinski definition) is 2. The first-order valence-corrected chi connectivity index (χ1v) is 11.1. The topological polar surface area (TPSA) is 65.7 Å². The summed E-state index contributed by atoms with van der Waals surface area (Å²) < 4.78 is 5.86. The van der Waals surface area contributed by atoms with E-state index in [9.17, 15) is 0 Å². The smallest absolute Gasteiger partial charge is 0.213 e. The first kappa shape index (κ1) is 22.3. The van der Waals surface area contributed by atoms with Gasteiger partial charge in [0.25, 0.3) is 0 Å². The lowest BCUT2D eigenvalue weighted by Gasteiger charge is -2.22. The number of rotatable bonds is 6. The molecule has 1 aromatic carbocycles. The molecule has 1 aliphatic rings. The second-order valence-corrected chi connectivity index (χ2v) is 9.11. The lowest BCUT2D eigenvalue weighted by Crippen LogP contribution is -2.36. The van der Waals surface area contributed by atoms with Gasteiger partial charge in [-0.25, -0.2) is 4.98 Å². The summed E-state index contributed by atoms with van der Waals surface area (Å²) in [6.45, 7) is 11.0. The molecule has 2 N–H and O–H groups in total. The molecule has 30 heavy (non-hydrogen) atoms. The van der Waals surface area contributed by atoms with E-state index in [1.165, 1.54) is 49.9 Å². The van der Waals surface area contributed by atoms with Crippen LogP contribution in [0.2, 0.25) is 0 Å². The van der Waals surface area contributed by atoms with Crippen molar-refractivity contribution in [2.24, 2.45) is 4.99 Å². The van der Waals surface area contributed by atoms with E-state index in [0.29, 0.717) is 12.4 Å². The Hall–Kier alpha value is -2.34. The lowest BCUT2D eigenvalue weighted by molar-refractivity contribution is 0.276. The van der Waals surface area contributed by atoms with Crippen molar-refractivity contribution in [2.75, 3.05) is 20.1 Å². The van der Waals surface area contributed by atoms with Crippen LogP contribution in [0.1, 0.15) is 69.2 Å². The average molecular weight is 412 g/mol. The Kier molecular flexibility index (Phi) is 7.91. The molecule has 0 aliphatic carbocycles. The van der Waals surface area contributed by atoms with Crippen LogP contribution in [0.25, 0.3) is 0 Å². The summed E-state index contributed by atoms with van der Waals surface area (Å²) in [5.74, 6) is 2.31. The fourth-order valence-electron chi connectivity index (χ4n) is 3.72. The van der Waals surface area contributed by atoms with Crippen molar-refractivity contribution in [3.63, 3.8) is 0 Å². The molecule has 164 valence electrons. The van der Waals surface area contributed by atoms with Gasteiger partial charge in [-0.15, -0.1) is 0 Å². The van der Waals surface area contributed by atoms with Gasteiger partial charge in [0.15, 0.2) is 5.96 Å². The zero-order valence-electron chi connectivity index (χ0n) is 19.0. The van der Waals surface area contributed by atoms with Crippen molar-refractivity contribution in [1.29, 1.82) is 0 Å². The van der Waals surface area contributed by atoms with Crippen LogP contribution in [-0.2, 0) is 25.0 Å². The van der Waals surface area contributed by atoms with Crippen molar-refractivity contribution >= 4 is 5.96 Å². The number of aliphatic imine (C=N–C) groups is 1. The van der Waals surface area contributed by atoms with Crippen molar-refractivity contribution in [2.45, 2.75) is 71.5 Å². The number of nitrogens with one attached hydrogen (secondary N) is 2. The molecule has 0 bridgehead atoms. The quantitative estimate of drug-likeness (QED) is 0.550. The summed E-state index contributed by atoms with van der Waals surface area (Å²) in [5, 5.41) is 6.74. The predicted molar refractivity (Wildman–Crippen MR) is 122 cm³/mol. The standard InChI is InChI=1S/C24H37N5O/c1-24(2,3)21-16-26-22(30-21)17-28-23(25-4)27-15-19-11-7-8-12-20(19)18-29-13-9-5-6-10-14-29/h7-8,11-12,16H,5-6,9-10,13-15,17-18H2,1-4H3,(H2,25,27,28). The minimum absolute atomic E-state index is 0.0394. The van der Waals surface area contributed by atoms with Crippen molar-refractivity contribution in [3.8, 4) is 0 Å². The molecular weight excluding hydrogens is 374 g/mol. The number of likely N-dealkylation sites (tertiary alicyclic amines) is 1. The Labute approximate surface area is 181 Å². The monoisotopic (exact) mass is 411 g/mol. The Morgan fingerprint density at radius 2 is 1.70 bits per heavy atom. The summed E-state index contributed by atoms with van der Waals surface area (Å²) in [5.41, 5.74) is 2.67. The fourth-order valence-corrected chi connectivity index (χ4v) is 3.72. The number of aromatic nitrogens is 1. The Morgan fingerprint density at radius 3 is 2.33 bits per heavy atom. The first-order valence-electron chi connectivity index (χ1n) is 11.1. The molecule has 6 nitrogen and oxygen atoms in total. The number of hydrogen-bond acceptors (Lipinski definition) is 4. The molecular formula is C24H37N5O. The summed E-state index contributed by atoms with van der Waals surface area (Å²) >= 11 is 0. The molecule has 1 aliphatic heterocycles. The summed E-state index contributed by atoms with van der Waals surface area (Å²) in [6, 6.07) is 8.70. The van der Waals surface area contributed by atoms with Gasteiger partial charge >= 0.3 is 0 Å². The Bertz CT molecular complexity index is 813. The molecule has 1 saturated heterocycles. The van der Waals surface area contributed by atoms with Crippen LogP contribution in [0.4, 0.5) is 0 Å². The van der Waals surface area contributed by atoms with Crippen LogP contribution in [0.5, 0.6) is 0 Å². The number of guanidine groups is 1. The highest BCUT2D eigenvalue weighted by atomic mass is 16.4. The van der Waals surface area contributed by atoms with Gasteiger partial charge in [0.05, 0.1) is 12.7 Å². The van der Waals surface area contributed by atoms with Crippen LogP contribution in [0, 0.1) is 0 Å². The second kappa shape index (κ2) is 10.6. The van der Waals surface area contributed by atoms with E-state index in [4.69, 9.17) is 4.42 Å². The van der Waals surface area contributed by atoms with Gasteiger partial charge in [-0.3, -0.25) is 9.89 Å². The van der Waals surface area contributed by atoms with Gasteiger partial charge in [-0.1, -0.05) is 57.9 Å². The highest BCUT2D eigenvalue weighted by Crippen LogP contribution is 2.22. The third kappa shape index (κ3) is 6.59. The fraction of sp³-hybridized carbons (Fsp3) is 0.583. The third-order valence-corrected chi connectivity index (χ3v) is 5.58. The van der Waals surface area contributed by atoms with Crippen LogP contribution in [-0.4, -0.2) is 36.0 Å². The van der Waals surface area contributed by atoms with Crippen LogP contribution >= 0.6 is 0 Å². The highest BCUT2D eigenvalue weighted by Gasteiger charge is 2.19. The maximum atomic E-state index is 5.86. The Morgan fingerprint density at radius 1 is 1.03 bits per heavy atom. The molecule has 6 heteroatoms. The molecule has 2 heterocycles. The van der Waals surface area contributed by atoms with Crippen LogP contribution < -0.4 is 10.6 Å². The van der Waals surface area contributed by atoms with Gasteiger partial charge in [0.2, 0.25) is 5.89 Å². The average Bonchev–Trinajstić information content (AvgIpc) is 3.07. The number of oxazole rings is 1. The SMILES string of the molecule is CN=C(NCc1ncc(C(C)(C)C)o1)NCc1ccccc1CN1CCCCCC1. The van der Waals surface area contributed by atoms with E-state index in [0.717, 1.165) is 24.8 Å². The van der Waals surface area contributed by atoms with Gasteiger partial charge in [0.1, 0.15) is 5.76 Å². The molecule has 3 rings (SSSR count). The van der Waals surface area contributed by atoms with E-state index in [1.807, 2.05) is 6.20 Å². The maximum absolute atomic E-state index is 5.86. The highest BCUT2D eigenvalue weighted by molar-refractivity contribution is 5.79. The molecule has 0 amide bonds. The first-order chi connectivity index (χ1) is 14.5. The molecule has 0 radical (unpaired) electrons. The minimum atomic E-state index is -0.0394. The van der Waals surface area contributed by atoms with Crippen molar-refractivity contribution < 1.29 is 4.42 Å². The summed E-state index contributed by atoms with van der Waals surface area (Å²) in [4.78, 5) is 11.3. The molecule has 0 saturated carbocycles. The van der Waals surface area contributed by atoms with E-state index >= 15 is 0 Å². The molecule has 1 aromatic heterocycles. The third-order valence-electron chi connectivity index (χ3n) is 5.58. The largest absolute Gasteiger partial charge is 0.443 e. The van der Waals surface area contributed by atoms with Gasteiger partial charge in [-0.05, 0) is 37.1 Å². The number of nitrogens with zero attached hydrogens (tertiary/aromatic N) is 3. The maximum Gasteiger partial charge on any atom is 0.213 e.